The zero-order valence-electron chi connectivity index (χ0n) is 9.39. The van der Waals surface area contributed by atoms with E-state index in [-0.39, 0.29) is 0 Å². The van der Waals surface area contributed by atoms with Gasteiger partial charge in [-0.25, -0.2) is 5.32 Å². The number of rotatable bonds is 3. The third-order valence-corrected chi connectivity index (χ3v) is 3.14. The summed E-state index contributed by atoms with van der Waals surface area (Å²) < 4.78 is 0. The van der Waals surface area contributed by atoms with Gasteiger partial charge < -0.3 is 0 Å². The van der Waals surface area contributed by atoms with Crippen LogP contribution in [-0.4, -0.2) is 31.1 Å². The summed E-state index contributed by atoms with van der Waals surface area (Å²) in [6.07, 6.45) is 2.45. The molecule has 1 aromatic carbocycles. The van der Waals surface area contributed by atoms with Gasteiger partial charge in [-0.3, -0.25) is 4.90 Å². The molecule has 1 fully saturated rings. The van der Waals surface area contributed by atoms with Gasteiger partial charge in [-0.15, -0.1) is 0 Å². The molecule has 2 rings (SSSR count). The fraction of sp³-hybridized carbons (Fsp3) is 0.538. The summed E-state index contributed by atoms with van der Waals surface area (Å²) in [5.74, 6) is 0. The molecule has 1 saturated heterocycles. The molecule has 1 heterocycles. The summed E-state index contributed by atoms with van der Waals surface area (Å²) in [7, 11) is 2.23. The van der Waals surface area contributed by atoms with Crippen LogP contribution in [0.4, 0.5) is 0 Å². The number of piperidine rings is 1. The topological polar surface area (TPSA) is 17.3 Å². The van der Waals surface area contributed by atoms with E-state index in [1.807, 2.05) is 0 Å². The van der Waals surface area contributed by atoms with Crippen molar-refractivity contribution >= 4 is 0 Å². The molecule has 0 saturated carbocycles. The van der Waals surface area contributed by atoms with Gasteiger partial charge in [-0.1, -0.05) is 30.3 Å². The first-order chi connectivity index (χ1) is 7.36. The first-order valence-electron chi connectivity index (χ1n) is 5.73. The van der Waals surface area contributed by atoms with Gasteiger partial charge in [0.1, 0.15) is 0 Å². The lowest BCUT2D eigenvalue weighted by molar-refractivity contribution is 0.190. The van der Waals surface area contributed by atoms with Crippen LogP contribution in [0.5, 0.6) is 0 Å². The van der Waals surface area contributed by atoms with E-state index in [1.165, 1.54) is 18.4 Å². The maximum Gasteiger partial charge on any atom is 0.0233 e. The van der Waals surface area contributed by atoms with Crippen LogP contribution in [0.15, 0.2) is 30.3 Å². The van der Waals surface area contributed by atoms with Crippen molar-refractivity contribution < 1.29 is 0 Å². The average molecular weight is 203 g/mol. The van der Waals surface area contributed by atoms with Gasteiger partial charge >= 0.3 is 0 Å². The third kappa shape index (κ3) is 3.05. The molecule has 2 heteroatoms. The van der Waals surface area contributed by atoms with Crippen molar-refractivity contribution in [3.05, 3.63) is 35.9 Å². The van der Waals surface area contributed by atoms with Crippen LogP contribution in [0.2, 0.25) is 0 Å². The van der Waals surface area contributed by atoms with Crippen molar-refractivity contribution in [2.24, 2.45) is 0 Å². The molecule has 2 nitrogen and oxygen atoms in total. The molecule has 0 aliphatic carbocycles. The molecule has 0 atom stereocenters. The minimum absolute atomic E-state index is 0.725. The molecule has 0 unspecified atom stereocenters. The zero-order chi connectivity index (χ0) is 10.5. The largest absolute Gasteiger partial charge is 0.299 e. The van der Waals surface area contributed by atoms with E-state index >= 15 is 0 Å². The van der Waals surface area contributed by atoms with Crippen molar-refractivity contribution in [2.75, 3.05) is 20.1 Å². The Morgan fingerprint density at radius 1 is 1.20 bits per heavy atom. The van der Waals surface area contributed by atoms with Gasteiger partial charge in [-0.2, -0.15) is 0 Å². The first-order valence-corrected chi connectivity index (χ1v) is 5.73. The molecule has 1 aromatic rings. The summed E-state index contributed by atoms with van der Waals surface area (Å²) >= 11 is 0. The lowest BCUT2D eigenvalue weighted by atomic mass is 10.0. The van der Waals surface area contributed by atoms with E-state index in [1.54, 1.807) is 0 Å². The number of hydrogen-bond donors (Lipinski definition) is 0. The second-order valence-corrected chi connectivity index (χ2v) is 4.30. The van der Waals surface area contributed by atoms with Crippen LogP contribution in [0.3, 0.4) is 0 Å². The van der Waals surface area contributed by atoms with Crippen molar-refractivity contribution in [3.63, 3.8) is 0 Å². The van der Waals surface area contributed by atoms with E-state index in [0.29, 0.717) is 0 Å². The smallest absolute Gasteiger partial charge is 0.0233 e. The summed E-state index contributed by atoms with van der Waals surface area (Å²) in [6, 6.07) is 11.4. The maximum atomic E-state index is 4.39. The molecule has 1 aliphatic heterocycles. The van der Waals surface area contributed by atoms with Crippen LogP contribution >= 0.6 is 0 Å². The predicted octanol–water partition coefficient (Wildman–Crippen LogP) is 1.89. The highest BCUT2D eigenvalue weighted by molar-refractivity contribution is 5.14. The lowest BCUT2D eigenvalue weighted by Crippen LogP contribution is -2.38. The second-order valence-electron chi connectivity index (χ2n) is 4.30. The Labute approximate surface area is 92.3 Å². The molecule has 1 aliphatic rings. The van der Waals surface area contributed by atoms with Crippen LogP contribution in [0.1, 0.15) is 18.4 Å². The van der Waals surface area contributed by atoms with E-state index in [2.05, 4.69) is 47.6 Å². The number of benzene rings is 1. The SMILES string of the molecule is CN(Cc1ccccc1)C1CC[N]CC1. The van der Waals surface area contributed by atoms with Gasteiger partial charge in [0.25, 0.3) is 0 Å². The summed E-state index contributed by atoms with van der Waals surface area (Å²) in [6.45, 7) is 3.15. The fourth-order valence-corrected chi connectivity index (χ4v) is 2.18. The second kappa shape index (κ2) is 5.29. The minimum atomic E-state index is 0.725. The van der Waals surface area contributed by atoms with E-state index in [4.69, 9.17) is 0 Å². The Balaban J connectivity index is 1.88. The molecule has 81 valence electrons. The highest BCUT2D eigenvalue weighted by atomic mass is 15.1. The van der Waals surface area contributed by atoms with Gasteiger partial charge in [0.2, 0.25) is 0 Å². The Morgan fingerprint density at radius 2 is 1.87 bits per heavy atom. The van der Waals surface area contributed by atoms with Gasteiger partial charge in [-0.05, 0) is 25.5 Å². The van der Waals surface area contributed by atoms with E-state index in [9.17, 15) is 0 Å². The third-order valence-electron chi connectivity index (χ3n) is 3.14. The predicted molar refractivity (Wildman–Crippen MR) is 62.8 cm³/mol. The highest BCUT2D eigenvalue weighted by Gasteiger charge is 2.17. The molecule has 0 N–H and O–H groups in total. The van der Waals surface area contributed by atoms with Crippen LogP contribution < -0.4 is 5.32 Å². The summed E-state index contributed by atoms with van der Waals surface area (Å²) in [5.41, 5.74) is 1.41. The quantitative estimate of drug-likeness (QED) is 0.733. The van der Waals surface area contributed by atoms with Crippen LogP contribution in [-0.2, 0) is 6.54 Å². The minimum Gasteiger partial charge on any atom is -0.299 e. The molecular weight excluding hydrogens is 184 g/mol. The van der Waals surface area contributed by atoms with Crippen LogP contribution in [0, 0.1) is 0 Å². The molecule has 0 amide bonds. The highest BCUT2D eigenvalue weighted by Crippen LogP contribution is 2.13. The monoisotopic (exact) mass is 203 g/mol. The standard InChI is InChI=1S/C13H19N2/c1-15(13-7-9-14-10-8-13)11-12-5-3-2-4-6-12/h2-6,13H,7-11H2,1H3. The van der Waals surface area contributed by atoms with Crippen LogP contribution in [0.25, 0.3) is 0 Å². The maximum absolute atomic E-state index is 4.39. The molecule has 0 bridgehead atoms. The molecule has 0 spiro atoms. The normalized spacial score (nSPS) is 18.3. The van der Waals surface area contributed by atoms with Gasteiger partial charge in [0.15, 0.2) is 0 Å². The van der Waals surface area contributed by atoms with Gasteiger partial charge in [0.05, 0.1) is 0 Å². The molecule has 0 aromatic heterocycles. The van der Waals surface area contributed by atoms with E-state index < -0.39 is 0 Å². The lowest BCUT2D eigenvalue weighted by Gasteiger charge is -2.31. The Morgan fingerprint density at radius 3 is 2.53 bits per heavy atom. The average Bonchev–Trinajstić information content (AvgIpc) is 2.31. The first kappa shape index (κ1) is 10.7. The number of hydrogen-bond acceptors (Lipinski definition) is 1. The van der Waals surface area contributed by atoms with Crippen molar-refractivity contribution in [1.29, 1.82) is 0 Å². The van der Waals surface area contributed by atoms with Crippen molar-refractivity contribution in [2.45, 2.75) is 25.4 Å². The fourth-order valence-electron chi connectivity index (χ4n) is 2.18. The van der Waals surface area contributed by atoms with Crippen molar-refractivity contribution in [1.82, 2.24) is 10.2 Å². The molecule has 1 radical (unpaired) electrons. The molecular formula is C13H19N2. The summed E-state index contributed by atoms with van der Waals surface area (Å²) in [5, 5.41) is 4.39. The Kier molecular flexibility index (Phi) is 3.75. The molecule has 15 heavy (non-hydrogen) atoms. The van der Waals surface area contributed by atoms with Gasteiger partial charge in [0, 0.05) is 25.7 Å². The zero-order valence-corrected chi connectivity index (χ0v) is 9.39. The van der Waals surface area contributed by atoms with E-state index in [0.717, 1.165) is 25.7 Å². The van der Waals surface area contributed by atoms with Crippen molar-refractivity contribution in [3.8, 4) is 0 Å². The summed E-state index contributed by atoms with van der Waals surface area (Å²) in [4.78, 5) is 2.46. The Bertz CT molecular complexity index is 278. The number of nitrogens with zero attached hydrogens (tertiary/aromatic N) is 2. The Hall–Kier alpha value is -0.860.